The van der Waals surface area contributed by atoms with Crippen LogP contribution in [0.4, 0.5) is 11.4 Å². The fraction of sp³-hybridized carbons (Fsp3) is 0.235. The molecule has 0 unspecified atom stereocenters. The van der Waals surface area contributed by atoms with Crippen molar-refractivity contribution in [2.45, 2.75) is 19.9 Å². The lowest BCUT2D eigenvalue weighted by Crippen LogP contribution is -2.31. The van der Waals surface area contributed by atoms with E-state index in [1.807, 2.05) is 24.3 Å². The first kappa shape index (κ1) is 12.6. The fourth-order valence-corrected chi connectivity index (χ4v) is 2.84. The SMILES string of the molecule is Cc1ccc(C#N)c(N2CCc3c(N)cccc3C2)c1. The van der Waals surface area contributed by atoms with Gasteiger partial charge in [0.25, 0.3) is 0 Å². The van der Waals surface area contributed by atoms with Crippen LogP contribution >= 0.6 is 0 Å². The summed E-state index contributed by atoms with van der Waals surface area (Å²) in [4.78, 5) is 2.27. The van der Waals surface area contributed by atoms with Crippen LogP contribution in [0, 0.1) is 18.3 Å². The highest BCUT2D eigenvalue weighted by molar-refractivity contribution is 5.63. The minimum atomic E-state index is 0.739. The zero-order chi connectivity index (χ0) is 14.1. The summed E-state index contributed by atoms with van der Waals surface area (Å²) in [6, 6.07) is 14.4. The molecular formula is C17H17N3. The summed E-state index contributed by atoms with van der Waals surface area (Å²) in [5.41, 5.74) is 12.4. The van der Waals surface area contributed by atoms with Crippen LogP contribution in [-0.4, -0.2) is 6.54 Å². The maximum absolute atomic E-state index is 9.28. The molecule has 2 aromatic rings. The van der Waals surface area contributed by atoms with Crippen molar-refractivity contribution >= 4 is 11.4 Å². The quantitative estimate of drug-likeness (QED) is 0.805. The van der Waals surface area contributed by atoms with Gasteiger partial charge in [0.15, 0.2) is 0 Å². The Bertz CT molecular complexity index is 698. The fourth-order valence-electron chi connectivity index (χ4n) is 2.84. The molecule has 1 aliphatic heterocycles. The van der Waals surface area contributed by atoms with Crippen LogP contribution in [-0.2, 0) is 13.0 Å². The largest absolute Gasteiger partial charge is 0.398 e. The number of aryl methyl sites for hydroxylation is 1. The second-order valence-electron chi connectivity index (χ2n) is 5.29. The number of benzene rings is 2. The van der Waals surface area contributed by atoms with Gasteiger partial charge >= 0.3 is 0 Å². The van der Waals surface area contributed by atoms with Crippen LogP contribution < -0.4 is 10.6 Å². The Morgan fingerprint density at radius 1 is 1.25 bits per heavy atom. The summed E-state index contributed by atoms with van der Waals surface area (Å²) < 4.78 is 0. The molecule has 2 N–H and O–H groups in total. The van der Waals surface area contributed by atoms with Crippen LogP contribution in [0.25, 0.3) is 0 Å². The normalized spacial score (nSPS) is 13.7. The first-order chi connectivity index (χ1) is 9.69. The molecule has 2 aromatic carbocycles. The molecule has 100 valence electrons. The molecule has 3 heteroatoms. The molecule has 0 saturated carbocycles. The van der Waals surface area contributed by atoms with Gasteiger partial charge in [-0.05, 0) is 48.2 Å². The van der Waals surface area contributed by atoms with E-state index in [-0.39, 0.29) is 0 Å². The molecule has 1 heterocycles. The summed E-state index contributed by atoms with van der Waals surface area (Å²) in [5.74, 6) is 0. The number of nitrogens with two attached hydrogens (primary N) is 1. The summed E-state index contributed by atoms with van der Waals surface area (Å²) in [5, 5.41) is 9.28. The highest BCUT2D eigenvalue weighted by Crippen LogP contribution is 2.30. The minimum absolute atomic E-state index is 0.739. The van der Waals surface area contributed by atoms with E-state index in [0.29, 0.717) is 0 Å². The summed E-state index contributed by atoms with van der Waals surface area (Å²) in [6.07, 6.45) is 0.931. The third-order valence-electron chi connectivity index (χ3n) is 3.92. The topological polar surface area (TPSA) is 53.0 Å². The standard InChI is InChI=1S/C17H17N3/c1-12-5-6-13(10-18)17(9-12)20-8-7-15-14(11-20)3-2-4-16(15)19/h2-6,9H,7-8,11,19H2,1H3. The number of anilines is 2. The highest BCUT2D eigenvalue weighted by atomic mass is 15.1. The lowest BCUT2D eigenvalue weighted by atomic mass is 9.97. The summed E-state index contributed by atoms with van der Waals surface area (Å²) >= 11 is 0. The molecule has 0 aliphatic carbocycles. The minimum Gasteiger partial charge on any atom is -0.398 e. The predicted octanol–water partition coefficient (Wildman–Crippen LogP) is 3.01. The van der Waals surface area contributed by atoms with Gasteiger partial charge in [-0.2, -0.15) is 5.26 Å². The molecule has 3 nitrogen and oxygen atoms in total. The first-order valence-electron chi connectivity index (χ1n) is 6.81. The van der Waals surface area contributed by atoms with E-state index in [1.165, 1.54) is 16.7 Å². The monoisotopic (exact) mass is 263 g/mol. The van der Waals surface area contributed by atoms with Crippen molar-refractivity contribution in [2.75, 3.05) is 17.2 Å². The number of fused-ring (bicyclic) bond motifs is 1. The highest BCUT2D eigenvalue weighted by Gasteiger charge is 2.20. The Balaban J connectivity index is 1.99. The average Bonchev–Trinajstić information content (AvgIpc) is 2.47. The van der Waals surface area contributed by atoms with Crippen LogP contribution in [0.1, 0.15) is 22.3 Å². The van der Waals surface area contributed by atoms with Crippen molar-refractivity contribution < 1.29 is 0 Å². The Morgan fingerprint density at radius 2 is 2.10 bits per heavy atom. The van der Waals surface area contributed by atoms with Crippen LogP contribution in [0.5, 0.6) is 0 Å². The molecule has 0 saturated heterocycles. The Kier molecular flexibility index (Phi) is 3.08. The molecule has 0 bridgehead atoms. The van der Waals surface area contributed by atoms with Crippen molar-refractivity contribution in [2.24, 2.45) is 0 Å². The van der Waals surface area contributed by atoms with Gasteiger partial charge in [0, 0.05) is 18.8 Å². The van der Waals surface area contributed by atoms with Crippen molar-refractivity contribution in [3.05, 3.63) is 58.7 Å². The van der Waals surface area contributed by atoms with Crippen molar-refractivity contribution in [3.63, 3.8) is 0 Å². The first-order valence-corrected chi connectivity index (χ1v) is 6.81. The van der Waals surface area contributed by atoms with Crippen molar-refractivity contribution in [1.82, 2.24) is 0 Å². The predicted molar refractivity (Wildman–Crippen MR) is 81.5 cm³/mol. The summed E-state index contributed by atoms with van der Waals surface area (Å²) in [7, 11) is 0. The molecule has 0 radical (unpaired) electrons. The Labute approximate surface area is 119 Å². The molecule has 20 heavy (non-hydrogen) atoms. The van der Waals surface area contributed by atoms with Crippen LogP contribution in [0.3, 0.4) is 0 Å². The zero-order valence-electron chi connectivity index (χ0n) is 11.6. The van der Waals surface area contributed by atoms with Crippen molar-refractivity contribution in [1.29, 1.82) is 5.26 Å². The maximum atomic E-state index is 9.28. The van der Waals surface area contributed by atoms with E-state index < -0.39 is 0 Å². The van der Waals surface area contributed by atoms with E-state index in [4.69, 9.17) is 5.73 Å². The van der Waals surface area contributed by atoms with E-state index >= 15 is 0 Å². The number of hydrogen-bond donors (Lipinski definition) is 1. The number of nitrogens with zero attached hydrogens (tertiary/aromatic N) is 2. The van der Waals surface area contributed by atoms with Gasteiger partial charge in [0.1, 0.15) is 6.07 Å². The molecule has 0 atom stereocenters. The van der Waals surface area contributed by atoms with E-state index in [0.717, 1.165) is 36.4 Å². The van der Waals surface area contributed by atoms with Gasteiger partial charge in [-0.1, -0.05) is 18.2 Å². The number of nitrogen functional groups attached to an aromatic ring is 1. The van der Waals surface area contributed by atoms with Crippen LogP contribution in [0.15, 0.2) is 36.4 Å². The molecular weight excluding hydrogens is 246 g/mol. The number of nitriles is 1. The van der Waals surface area contributed by atoms with E-state index in [1.54, 1.807) is 0 Å². The van der Waals surface area contributed by atoms with E-state index in [2.05, 4.69) is 30.0 Å². The number of hydrogen-bond acceptors (Lipinski definition) is 3. The Hall–Kier alpha value is -2.47. The van der Waals surface area contributed by atoms with Gasteiger partial charge in [-0.15, -0.1) is 0 Å². The second kappa shape index (κ2) is 4.90. The maximum Gasteiger partial charge on any atom is 0.101 e. The third-order valence-corrected chi connectivity index (χ3v) is 3.92. The van der Waals surface area contributed by atoms with Gasteiger partial charge in [0.2, 0.25) is 0 Å². The molecule has 0 aromatic heterocycles. The van der Waals surface area contributed by atoms with Gasteiger partial charge in [0.05, 0.1) is 11.3 Å². The lowest BCUT2D eigenvalue weighted by Gasteiger charge is -2.32. The summed E-state index contributed by atoms with van der Waals surface area (Å²) in [6.45, 7) is 3.78. The Morgan fingerprint density at radius 3 is 2.90 bits per heavy atom. The molecule has 0 fully saturated rings. The molecule has 1 aliphatic rings. The van der Waals surface area contributed by atoms with E-state index in [9.17, 15) is 5.26 Å². The molecule has 0 spiro atoms. The zero-order valence-corrected chi connectivity index (χ0v) is 11.6. The lowest BCUT2D eigenvalue weighted by molar-refractivity contribution is 0.732. The second-order valence-corrected chi connectivity index (χ2v) is 5.29. The average molecular weight is 263 g/mol. The van der Waals surface area contributed by atoms with Crippen LogP contribution in [0.2, 0.25) is 0 Å². The van der Waals surface area contributed by atoms with Gasteiger partial charge in [-0.3, -0.25) is 0 Å². The molecule has 3 rings (SSSR count). The number of rotatable bonds is 1. The van der Waals surface area contributed by atoms with Gasteiger partial charge in [-0.25, -0.2) is 0 Å². The van der Waals surface area contributed by atoms with Gasteiger partial charge < -0.3 is 10.6 Å². The molecule has 0 amide bonds. The third kappa shape index (κ3) is 2.10. The van der Waals surface area contributed by atoms with Crippen molar-refractivity contribution in [3.8, 4) is 6.07 Å². The smallest absolute Gasteiger partial charge is 0.101 e.